The molecule has 1 amide bonds. The Labute approximate surface area is 107 Å². The Morgan fingerprint density at radius 2 is 1.89 bits per heavy atom. The topological polar surface area (TPSA) is 120 Å². The molecule has 0 bridgehead atoms. The summed E-state index contributed by atoms with van der Waals surface area (Å²) in [5.74, 6) is 0. The highest BCUT2D eigenvalue weighted by Gasteiger charge is 2.24. The molecule has 0 spiro atoms. The number of nitrogens with one attached hydrogen (secondary N) is 1. The van der Waals surface area contributed by atoms with Gasteiger partial charge < -0.3 is 10.8 Å². The van der Waals surface area contributed by atoms with Crippen LogP contribution >= 0.6 is 7.82 Å². The molecule has 0 saturated carbocycles. The van der Waals surface area contributed by atoms with E-state index < -0.39 is 13.9 Å². The van der Waals surface area contributed by atoms with Gasteiger partial charge in [0, 0.05) is 6.54 Å². The lowest BCUT2D eigenvalue weighted by Crippen LogP contribution is -2.11. The van der Waals surface area contributed by atoms with Crippen LogP contribution in [0.15, 0.2) is 12.8 Å². The van der Waals surface area contributed by atoms with Crippen molar-refractivity contribution in [3.05, 3.63) is 12.8 Å². The number of hydrogen-bond acceptors (Lipinski definition) is 6. The summed E-state index contributed by atoms with van der Waals surface area (Å²) in [4.78, 5) is 9.42. The van der Waals surface area contributed by atoms with E-state index in [1.807, 2.05) is 5.32 Å². The lowest BCUT2D eigenvalue weighted by molar-refractivity contribution is 0.124. The normalized spacial score (nSPS) is 10.2. The predicted molar refractivity (Wildman–Crippen MR) is 67.2 cm³/mol. The van der Waals surface area contributed by atoms with E-state index in [-0.39, 0.29) is 6.61 Å². The van der Waals surface area contributed by atoms with Crippen molar-refractivity contribution in [3.8, 4) is 0 Å². The van der Waals surface area contributed by atoms with Gasteiger partial charge in [-0.25, -0.2) is 9.36 Å². The van der Waals surface area contributed by atoms with Crippen molar-refractivity contribution in [3.63, 3.8) is 0 Å². The summed E-state index contributed by atoms with van der Waals surface area (Å²) in [6, 6.07) is 0. The van der Waals surface area contributed by atoms with Crippen LogP contribution in [0.25, 0.3) is 0 Å². The summed E-state index contributed by atoms with van der Waals surface area (Å²) in [7, 11) is -3.32. The van der Waals surface area contributed by atoms with Crippen molar-refractivity contribution in [1.29, 1.82) is 0 Å². The number of hydrogen-bond donors (Lipinski definition) is 3. The second-order valence-electron chi connectivity index (χ2n) is 2.56. The first-order valence-corrected chi connectivity index (χ1v) is 6.75. The lowest BCUT2D eigenvalue weighted by Gasteiger charge is -2.15. The highest BCUT2D eigenvalue weighted by molar-refractivity contribution is 7.48. The zero-order chi connectivity index (χ0) is 14.4. The standard InChI is InChI=1S/C6H16NO4P.C3H5NO2/c1-3-9-12(8,10-4-2)11-6-5-7;1-2-4-3(5)6/h3-7H2,1-2H3;2,4H,1H2,(H,5,6). The quantitative estimate of drug-likeness (QED) is 0.578. The molecule has 9 heteroatoms. The van der Waals surface area contributed by atoms with Crippen molar-refractivity contribution < 1.29 is 28.0 Å². The fourth-order valence-electron chi connectivity index (χ4n) is 0.680. The number of nitrogens with two attached hydrogens (primary N) is 1. The fraction of sp³-hybridized carbons (Fsp3) is 0.667. The Morgan fingerprint density at radius 3 is 2.11 bits per heavy atom. The molecule has 0 radical (unpaired) electrons. The van der Waals surface area contributed by atoms with Crippen LogP contribution in [0.1, 0.15) is 13.8 Å². The maximum atomic E-state index is 11.4. The van der Waals surface area contributed by atoms with Gasteiger partial charge in [0.2, 0.25) is 0 Å². The van der Waals surface area contributed by atoms with E-state index in [1.165, 1.54) is 0 Å². The minimum atomic E-state index is -3.32. The van der Waals surface area contributed by atoms with Gasteiger partial charge in [0.1, 0.15) is 0 Å². The zero-order valence-corrected chi connectivity index (χ0v) is 11.5. The number of phosphoric ester groups is 1. The number of amides is 1. The van der Waals surface area contributed by atoms with E-state index in [2.05, 4.69) is 6.58 Å². The lowest BCUT2D eigenvalue weighted by atomic mass is 10.8. The zero-order valence-electron chi connectivity index (χ0n) is 10.6. The van der Waals surface area contributed by atoms with E-state index >= 15 is 0 Å². The molecule has 18 heavy (non-hydrogen) atoms. The summed E-state index contributed by atoms with van der Waals surface area (Å²) >= 11 is 0. The molecule has 0 aromatic carbocycles. The molecule has 4 N–H and O–H groups in total. The average molecular weight is 284 g/mol. The van der Waals surface area contributed by atoms with Gasteiger partial charge in [-0.05, 0) is 20.0 Å². The Hall–Kier alpha value is -0.920. The summed E-state index contributed by atoms with van der Waals surface area (Å²) in [5.41, 5.74) is 5.17. The number of phosphoric acid groups is 1. The van der Waals surface area contributed by atoms with Crippen LogP contribution in [0.3, 0.4) is 0 Å². The number of rotatable bonds is 8. The molecule has 8 nitrogen and oxygen atoms in total. The van der Waals surface area contributed by atoms with E-state index in [1.54, 1.807) is 13.8 Å². The monoisotopic (exact) mass is 284 g/mol. The second kappa shape index (κ2) is 12.5. The first-order chi connectivity index (χ1) is 8.45. The van der Waals surface area contributed by atoms with Crippen LogP contribution in [-0.4, -0.2) is 37.6 Å². The Bertz CT molecular complexity index is 264. The van der Waals surface area contributed by atoms with Crippen LogP contribution < -0.4 is 11.1 Å². The van der Waals surface area contributed by atoms with E-state index in [0.717, 1.165) is 6.20 Å². The van der Waals surface area contributed by atoms with Crippen molar-refractivity contribution in [2.45, 2.75) is 13.8 Å². The number of carbonyl (C=O) groups is 1. The van der Waals surface area contributed by atoms with Gasteiger partial charge in [0.25, 0.3) is 0 Å². The third-order valence-corrected chi connectivity index (χ3v) is 2.81. The predicted octanol–water partition coefficient (Wildman–Crippen LogP) is 1.54. The highest BCUT2D eigenvalue weighted by atomic mass is 31.2. The minimum Gasteiger partial charge on any atom is -0.465 e. The van der Waals surface area contributed by atoms with Crippen molar-refractivity contribution in [2.24, 2.45) is 5.73 Å². The van der Waals surface area contributed by atoms with Crippen molar-refractivity contribution in [1.82, 2.24) is 5.32 Å². The van der Waals surface area contributed by atoms with Gasteiger partial charge in [-0.15, -0.1) is 0 Å². The molecule has 0 rings (SSSR count). The van der Waals surface area contributed by atoms with Crippen LogP contribution in [0.2, 0.25) is 0 Å². The molecule has 0 unspecified atom stereocenters. The van der Waals surface area contributed by atoms with Crippen molar-refractivity contribution in [2.75, 3.05) is 26.4 Å². The molecule has 0 aliphatic rings. The van der Waals surface area contributed by atoms with E-state index in [0.29, 0.717) is 19.8 Å². The van der Waals surface area contributed by atoms with E-state index in [9.17, 15) is 9.36 Å². The third-order valence-electron chi connectivity index (χ3n) is 1.17. The molecule has 0 aliphatic heterocycles. The van der Waals surface area contributed by atoms with Gasteiger partial charge in [-0.2, -0.15) is 0 Å². The summed E-state index contributed by atoms with van der Waals surface area (Å²) in [6.07, 6.45) is 0.0208. The summed E-state index contributed by atoms with van der Waals surface area (Å²) < 4.78 is 26.0. The first-order valence-electron chi connectivity index (χ1n) is 5.29. The smallest absolute Gasteiger partial charge is 0.465 e. The first kappa shape index (κ1) is 19.4. The Balaban J connectivity index is 0. The largest absolute Gasteiger partial charge is 0.474 e. The SMILES string of the molecule is C=CNC(=O)O.CCOP(=O)(OCC)OCCN. The Morgan fingerprint density at radius 1 is 1.39 bits per heavy atom. The molecule has 0 aliphatic carbocycles. The molecule has 0 aromatic heterocycles. The molecule has 108 valence electrons. The second-order valence-corrected chi connectivity index (χ2v) is 4.23. The average Bonchev–Trinajstić information content (AvgIpc) is 2.28. The molecule has 0 saturated heterocycles. The molecule has 0 aromatic rings. The minimum absolute atomic E-state index is 0.178. The molecule has 0 atom stereocenters. The van der Waals surface area contributed by atoms with Gasteiger partial charge in [-0.3, -0.25) is 18.9 Å². The van der Waals surface area contributed by atoms with E-state index in [4.69, 9.17) is 24.4 Å². The molecule has 0 heterocycles. The summed E-state index contributed by atoms with van der Waals surface area (Å²) in [6.45, 7) is 7.61. The molecular weight excluding hydrogens is 263 g/mol. The van der Waals surface area contributed by atoms with Gasteiger partial charge >= 0.3 is 13.9 Å². The molecular formula is C9H21N2O6P. The van der Waals surface area contributed by atoms with Crippen LogP contribution in [-0.2, 0) is 18.1 Å². The summed E-state index contributed by atoms with van der Waals surface area (Å²) in [5, 5.41) is 9.62. The maximum absolute atomic E-state index is 11.4. The van der Waals surface area contributed by atoms with Gasteiger partial charge in [0.15, 0.2) is 0 Å². The van der Waals surface area contributed by atoms with Crippen LogP contribution in [0, 0.1) is 0 Å². The highest BCUT2D eigenvalue weighted by Crippen LogP contribution is 2.48. The van der Waals surface area contributed by atoms with Gasteiger partial charge in [0.05, 0.1) is 19.8 Å². The maximum Gasteiger partial charge on any atom is 0.474 e. The Kier molecular flexibility index (Phi) is 13.5. The van der Waals surface area contributed by atoms with Crippen LogP contribution in [0.5, 0.6) is 0 Å². The molecule has 0 fully saturated rings. The third kappa shape index (κ3) is 13.1. The van der Waals surface area contributed by atoms with Gasteiger partial charge in [-0.1, -0.05) is 6.58 Å². The van der Waals surface area contributed by atoms with Crippen molar-refractivity contribution >= 4 is 13.9 Å². The fourth-order valence-corrected chi connectivity index (χ4v) is 1.86. The van der Waals surface area contributed by atoms with Crippen LogP contribution in [0.4, 0.5) is 4.79 Å². The number of carboxylic acid groups (broad SMARTS) is 1.